The third kappa shape index (κ3) is 7.99. The molecule has 0 radical (unpaired) electrons. The van der Waals surface area contributed by atoms with Crippen LogP contribution in [0, 0.1) is 10.1 Å². The van der Waals surface area contributed by atoms with Gasteiger partial charge in [0.1, 0.15) is 6.04 Å². The zero-order valence-corrected chi connectivity index (χ0v) is 19.9. The molecular weight excluding hydrogens is 482 g/mol. The van der Waals surface area contributed by atoms with Gasteiger partial charge in [-0.05, 0) is 36.6 Å². The number of nitro benzene ring substituents is 1. The van der Waals surface area contributed by atoms with Gasteiger partial charge >= 0.3 is 0 Å². The van der Waals surface area contributed by atoms with Crippen LogP contribution in [0.2, 0.25) is 0 Å². The van der Waals surface area contributed by atoms with Gasteiger partial charge in [-0.2, -0.15) is 0 Å². The third-order valence-electron chi connectivity index (χ3n) is 4.60. The SMILES string of the molecule is CCCNC(=O)[C@@H](C)N(Cc1cccc(Br)c1)C(=O)CSCc1ccc([N+](=O)[O-])cc1. The number of hydrogen-bond acceptors (Lipinski definition) is 5. The van der Waals surface area contributed by atoms with Gasteiger partial charge in [0.25, 0.3) is 5.69 Å². The van der Waals surface area contributed by atoms with Crippen LogP contribution in [-0.2, 0) is 21.9 Å². The van der Waals surface area contributed by atoms with Crippen molar-refractivity contribution in [1.29, 1.82) is 0 Å². The van der Waals surface area contributed by atoms with Gasteiger partial charge in [0.15, 0.2) is 0 Å². The molecule has 7 nitrogen and oxygen atoms in total. The summed E-state index contributed by atoms with van der Waals surface area (Å²) in [6, 6.07) is 13.4. The largest absolute Gasteiger partial charge is 0.354 e. The minimum atomic E-state index is -0.599. The maximum atomic E-state index is 13.0. The molecule has 0 aromatic heterocycles. The summed E-state index contributed by atoms with van der Waals surface area (Å²) in [4.78, 5) is 37.4. The molecular formula is C22H26BrN3O4S. The fourth-order valence-corrected chi connectivity index (χ4v) is 4.18. The van der Waals surface area contributed by atoms with Crippen LogP contribution in [0.3, 0.4) is 0 Å². The van der Waals surface area contributed by atoms with E-state index in [-0.39, 0.29) is 23.3 Å². The number of hydrogen-bond donors (Lipinski definition) is 1. The van der Waals surface area contributed by atoms with Crippen molar-refractivity contribution in [2.24, 2.45) is 0 Å². The van der Waals surface area contributed by atoms with Crippen molar-refractivity contribution >= 4 is 45.2 Å². The monoisotopic (exact) mass is 507 g/mol. The Balaban J connectivity index is 2.03. The van der Waals surface area contributed by atoms with Crippen molar-refractivity contribution in [3.8, 4) is 0 Å². The Morgan fingerprint density at radius 1 is 1.19 bits per heavy atom. The maximum Gasteiger partial charge on any atom is 0.269 e. The van der Waals surface area contributed by atoms with Gasteiger partial charge in [-0.1, -0.05) is 47.1 Å². The molecule has 0 bridgehead atoms. The van der Waals surface area contributed by atoms with E-state index in [0.29, 0.717) is 18.8 Å². The lowest BCUT2D eigenvalue weighted by Gasteiger charge is -2.29. The molecule has 0 aliphatic carbocycles. The highest BCUT2D eigenvalue weighted by molar-refractivity contribution is 9.10. The minimum absolute atomic E-state index is 0.0388. The quantitative estimate of drug-likeness (QED) is 0.356. The Labute approximate surface area is 194 Å². The Bertz CT molecular complexity index is 908. The number of carbonyl (C=O) groups is 2. The Morgan fingerprint density at radius 2 is 1.90 bits per heavy atom. The summed E-state index contributed by atoms with van der Waals surface area (Å²) in [5.74, 6) is 0.443. The lowest BCUT2D eigenvalue weighted by Crippen LogP contribution is -2.48. The van der Waals surface area contributed by atoms with E-state index in [2.05, 4.69) is 21.2 Å². The summed E-state index contributed by atoms with van der Waals surface area (Å²) in [5, 5.41) is 13.6. The van der Waals surface area contributed by atoms with E-state index >= 15 is 0 Å². The molecule has 31 heavy (non-hydrogen) atoms. The van der Waals surface area contributed by atoms with Crippen LogP contribution in [0.25, 0.3) is 0 Å². The lowest BCUT2D eigenvalue weighted by molar-refractivity contribution is -0.384. The number of nitro groups is 1. The molecule has 1 atom stereocenters. The first kappa shape index (κ1) is 24.9. The molecule has 0 heterocycles. The van der Waals surface area contributed by atoms with Crippen molar-refractivity contribution in [3.05, 3.63) is 74.2 Å². The topological polar surface area (TPSA) is 92.6 Å². The van der Waals surface area contributed by atoms with Crippen LogP contribution in [0.15, 0.2) is 53.0 Å². The average Bonchev–Trinajstić information content (AvgIpc) is 2.75. The predicted octanol–water partition coefficient (Wildman–Crippen LogP) is 4.53. The Hall–Kier alpha value is -2.39. The van der Waals surface area contributed by atoms with E-state index in [1.165, 1.54) is 23.9 Å². The van der Waals surface area contributed by atoms with E-state index in [4.69, 9.17) is 0 Å². The average molecular weight is 508 g/mol. The summed E-state index contributed by atoms with van der Waals surface area (Å²) in [5.41, 5.74) is 1.87. The van der Waals surface area contributed by atoms with E-state index in [9.17, 15) is 19.7 Å². The normalized spacial score (nSPS) is 11.6. The van der Waals surface area contributed by atoms with Crippen molar-refractivity contribution in [1.82, 2.24) is 10.2 Å². The van der Waals surface area contributed by atoms with Crippen molar-refractivity contribution in [2.75, 3.05) is 12.3 Å². The molecule has 0 saturated carbocycles. The molecule has 2 aromatic carbocycles. The summed E-state index contributed by atoms with van der Waals surface area (Å²) in [6.07, 6.45) is 0.823. The molecule has 0 saturated heterocycles. The van der Waals surface area contributed by atoms with Gasteiger partial charge < -0.3 is 10.2 Å². The van der Waals surface area contributed by atoms with Crippen LogP contribution in [0.5, 0.6) is 0 Å². The number of thioether (sulfide) groups is 1. The van der Waals surface area contributed by atoms with E-state index in [1.807, 2.05) is 31.2 Å². The molecule has 0 unspecified atom stereocenters. The van der Waals surface area contributed by atoms with Gasteiger partial charge in [0.05, 0.1) is 10.7 Å². The third-order valence-corrected chi connectivity index (χ3v) is 6.08. The highest BCUT2D eigenvalue weighted by Crippen LogP contribution is 2.19. The molecule has 0 fully saturated rings. The number of halogens is 1. The van der Waals surface area contributed by atoms with Crippen molar-refractivity contribution < 1.29 is 14.5 Å². The summed E-state index contributed by atoms with van der Waals surface area (Å²) in [6.45, 7) is 4.61. The first-order valence-corrected chi connectivity index (χ1v) is 11.9. The number of nitrogens with zero attached hydrogens (tertiary/aromatic N) is 2. The number of amides is 2. The number of carbonyl (C=O) groups excluding carboxylic acids is 2. The number of rotatable bonds is 11. The van der Waals surface area contributed by atoms with Gasteiger partial charge in [-0.15, -0.1) is 11.8 Å². The molecule has 0 aliphatic rings. The molecule has 0 aliphatic heterocycles. The number of nitrogens with one attached hydrogen (secondary N) is 1. The fourth-order valence-electron chi connectivity index (χ4n) is 2.86. The zero-order valence-electron chi connectivity index (χ0n) is 17.5. The van der Waals surface area contributed by atoms with Crippen LogP contribution in [0.4, 0.5) is 5.69 Å². The van der Waals surface area contributed by atoms with Crippen LogP contribution >= 0.6 is 27.7 Å². The van der Waals surface area contributed by atoms with Crippen molar-refractivity contribution in [2.45, 2.75) is 38.6 Å². The molecule has 2 rings (SSSR count). The second-order valence-electron chi connectivity index (χ2n) is 7.03. The molecule has 2 amide bonds. The van der Waals surface area contributed by atoms with E-state index in [1.54, 1.807) is 24.0 Å². The fraction of sp³-hybridized carbons (Fsp3) is 0.364. The summed E-state index contributed by atoms with van der Waals surface area (Å²) < 4.78 is 0.910. The van der Waals surface area contributed by atoms with Gasteiger partial charge in [0, 0.05) is 35.4 Å². The predicted molar refractivity (Wildman–Crippen MR) is 127 cm³/mol. The molecule has 1 N–H and O–H groups in total. The number of benzene rings is 2. The first-order valence-electron chi connectivity index (χ1n) is 9.94. The zero-order chi connectivity index (χ0) is 22.8. The lowest BCUT2D eigenvalue weighted by atomic mass is 10.1. The Morgan fingerprint density at radius 3 is 2.52 bits per heavy atom. The molecule has 9 heteroatoms. The van der Waals surface area contributed by atoms with E-state index in [0.717, 1.165) is 22.0 Å². The molecule has 2 aromatic rings. The smallest absolute Gasteiger partial charge is 0.269 e. The highest BCUT2D eigenvalue weighted by atomic mass is 79.9. The van der Waals surface area contributed by atoms with Crippen LogP contribution in [0.1, 0.15) is 31.4 Å². The first-order chi connectivity index (χ1) is 14.8. The maximum absolute atomic E-state index is 13.0. The standard InChI is InChI=1S/C22H26BrN3O4S/c1-3-11-24-22(28)16(2)25(13-18-5-4-6-19(23)12-18)21(27)15-31-14-17-7-9-20(10-8-17)26(29)30/h4-10,12,16H,3,11,13-15H2,1-2H3,(H,24,28)/t16-/m1/s1. The highest BCUT2D eigenvalue weighted by Gasteiger charge is 2.25. The second-order valence-corrected chi connectivity index (χ2v) is 8.94. The summed E-state index contributed by atoms with van der Waals surface area (Å²) >= 11 is 4.86. The molecule has 166 valence electrons. The van der Waals surface area contributed by atoms with Crippen molar-refractivity contribution in [3.63, 3.8) is 0 Å². The van der Waals surface area contributed by atoms with Crippen LogP contribution < -0.4 is 5.32 Å². The Kier molecular flexibility index (Phi) is 10.00. The minimum Gasteiger partial charge on any atom is -0.354 e. The van der Waals surface area contributed by atoms with Gasteiger partial charge in [0.2, 0.25) is 11.8 Å². The second kappa shape index (κ2) is 12.5. The number of non-ortho nitro benzene ring substituents is 1. The summed E-state index contributed by atoms with van der Waals surface area (Å²) in [7, 11) is 0. The van der Waals surface area contributed by atoms with E-state index < -0.39 is 11.0 Å². The van der Waals surface area contributed by atoms with Crippen LogP contribution in [-0.4, -0.2) is 40.0 Å². The van der Waals surface area contributed by atoms with Gasteiger partial charge in [-0.3, -0.25) is 19.7 Å². The van der Waals surface area contributed by atoms with Gasteiger partial charge in [-0.25, -0.2) is 0 Å². The molecule has 0 spiro atoms.